The molecule has 0 bridgehead atoms. The van der Waals surface area contributed by atoms with Crippen LogP contribution in [0.1, 0.15) is 35.7 Å². The Hall–Kier alpha value is -2.89. The molecule has 1 aromatic carbocycles. The normalized spacial score (nSPS) is 13.6. The molecule has 1 amide bonds. The number of benzene rings is 1. The first-order valence-corrected chi connectivity index (χ1v) is 7.78. The van der Waals surface area contributed by atoms with Crippen LogP contribution in [0.3, 0.4) is 0 Å². The molecule has 0 fully saturated rings. The Morgan fingerprint density at radius 1 is 1.25 bits per heavy atom. The molecule has 0 saturated carbocycles. The summed E-state index contributed by atoms with van der Waals surface area (Å²) < 4.78 is 5.33. The Morgan fingerprint density at radius 3 is 2.62 bits per heavy atom. The summed E-state index contributed by atoms with van der Waals surface area (Å²) in [6, 6.07) is 10.7. The molecule has 2 heterocycles. The molecule has 1 aromatic heterocycles. The van der Waals surface area contributed by atoms with Crippen LogP contribution in [0, 0.1) is 0 Å². The molecule has 0 saturated heterocycles. The van der Waals surface area contributed by atoms with E-state index in [1.54, 1.807) is 24.3 Å². The van der Waals surface area contributed by atoms with Gasteiger partial charge in [-0.2, -0.15) is 0 Å². The van der Waals surface area contributed by atoms with Crippen LogP contribution in [0.4, 0.5) is 11.6 Å². The molecule has 0 radical (unpaired) electrons. The van der Waals surface area contributed by atoms with E-state index in [2.05, 4.69) is 18.8 Å². The smallest absolute Gasteiger partial charge is 0.266 e. The highest BCUT2D eigenvalue weighted by Crippen LogP contribution is 2.30. The van der Waals surface area contributed by atoms with Crippen LogP contribution in [0.5, 0.6) is 5.75 Å². The van der Waals surface area contributed by atoms with Crippen molar-refractivity contribution in [1.29, 1.82) is 0 Å². The topological polar surface area (TPSA) is 85.5 Å². The van der Waals surface area contributed by atoms with E-state index in [1.165, 1.54) is 4.90 Å². The van der Waals surface area contributed by atoms with Crippen molar-refractivity contribution in [3.8, 4) is 5.75 Å². The van der Waals surface area contributed by atoms with Gasteiger partial charge in [0.1, 0.15) is 5.82 Å². The third kappa shape index (κ3) is 3.08. The highest BCUT2D eigenvalue weighted by Gasteiger charge is 2.29. The molecule has 0 spiro atoms. The van der Waals surface area contributed by atoms with Crippen LogP contribution < -0.4 is 15.4 Å². The zero-order valence-electron chi connectivity index (χ0n) is 13.7. The predicted octanol–water partition coefficient (Wildman–Crippen LogP) is 2.40. The van der Waals surface area contributed by atoms with Gasteiger partial charge in [-0.05, 0) is 23.6 Å². The number of nitrogens with zero attached hydrogens (tertiary/aromatic N) is 2. The quantitative estimate of drug-likeness (QED) is 0.872. The second-order valence-electron chi connectivity index (χ2n) is 6.03. The Labute approximate surface area is 140 Å². The summed E-state index contributed by atoms with van der Waals surface area (Å²) in [6.07, 6.45) is 0. The van der Waals surface area contributed by atoms with E-state index >= 15 is 0 Å². The summed E-state index contributed by atoms with van der Waals surface area (Å²) in [5.41, 5.74) is 7.41. The standard InChI is InChI=1S/C18H19N3O3/c1-11(2)12-3-5-13(6-4-12)14(22)9-21-17(23)10-24-15-7-8-16(19)20-18(15)21/h3-8,11H,9-10H2,1-2H3,(H2,19,20). The lowest BCUT2D eigenvalue weighted by atomic mass is 10.0. The molecule has 0 atom stereocenters. The summed E-state index contributed by atoms with van der Waals surface area (Å²) >= 11 is 0. The number of Topliss-reactive ketones (excluding diaryl/α,β-unsaturated/α-hetero) is 1. The second-order valence-corrected chi connectivity index (χ2v) is 6.03. The third-order valence-electron chi connectivity index (χ3n) is 3.97. The SMILES string of the molecule is CC(C)c1ccc(C(=O)CN2C(=O)COc3ccc(N)nc32)cc1. The number of ketones is 1. The summed E-state index contributed by atoms with van der Waals surface area (Å²) in [5, 5.41) is 0. The number of anilines is 2. The van der Waals surface area contributed by atoms with E-state index in [-0.39, 0.29) is 30.7 Å². The van der Waals surface area contributed by atoms with Gasteiger partial charge in [0, 0.05) is 5.56 Å². The van der Waals surface area contributed by atoms with E-state index in [0.29, 0.717) is 23.0 Å². The maximum Gasteiger partial charge on any atom is 0.266 e. The fourth-order valence-corrected chi connectivity index (χ4v) is 2.54. The number of aromatic nitrogens is 1. The number of fused-ring (bicyclic) bond motifs is 1. The largest absolute Gasteiger partial charge is 0.480 e. The van der Waals surface area contributed by atoms with E-state index in [1.807, 2.05) is 12.1 Å². The van der Waals surface area contributed by atoms with Gasteiger partial charge in [0.05, 0.1) is 6.54 Å². The van der Waals surface area contributed by atoms with E-state index in [9.17, 15) is 9.59 Å². The predicted molar refractivity (Wildman–Crippen MR) is 91.4 cm³/mol. The van der Waals surface area contributed by atoms with Crippen molar-refractivity contribution in [2.45, 2.75) is 19.8 Å². The lowest BCUT2D eigenvalue weighted by Gasteiger charge is -2.27. The van der Waals surface area contributed by atoms with Crippen molar-refractivity contribution in [2.24, 2.45) is 0 Å². The molecule has 124 valence electrons. The van der Waals surface area contributed by atoms with Crippen LogP contribution in [-0.4, -0.2) is 29.8 Å². The number of nitrogens with two attached hydrogens (primary N) is 1. The average Bonchev–Trinajstić information content (AvgIpc) is 2.57. The van der Waals surface area contributed by atoms with Crippen molar-refractivity contribution >= 4 is 23.3 Å². The van der Waals surface area contributed by atoms with Crippen molar-refractivity contribution in [2.75, 3.05) is 23.8 Å². The Morgan fingerprint density at radius 2 is 1.96 bits per heavy atom. The van der Waals surface area contributed by atoms with Crippen LogP contribution in [0.2, 0.25) is 0 Å². The molecule has 24 heavy (non-hydrogen) atoms. The number of amides is 1. The van der Waals surface area contributed by atoms with Gasteiger partial charge in [-0.25, -0.2) is 4.98 Å². The number of nitrogen functional groups attached to an aromatic ring is 1. The van der Waals surface area contributed by atoms with E-state index in [4.69, 9.17) is 10.5 Å². The molecule has 0 aliphatic carbocycles. The van der Waals surface area contributed by atoms with Crippen molar-refractivity contribution in [3.63, 3.8) is 0 Å². The summed E-state index contributed by atoms with van der Waals surface area (Å²) in [4.78, 5) is 30.1. The minimum absolute atomic E-state index is 0.0906. The zero-order valence-corrected chi connectivity index (χ0v) is 13.7. The molecule has 3 rings (SSSR count). The fourth-order valence-electron chi connectivity index (χ4n) is 2.54. The minimum Gasteiger partial charge on any atom is -0.480 e. The fraction of sp³-hybridized carbons (Fsp3) is 0.278. The Bertz CT molecular complexity index is 785. The third-order valence-corrected chi connectivity index (χ3v) is 3.97. The van der Waals surface area contributed by atoms with Crippen LogP contribution in [0.25, 0.3) is 0 Å². The molecule has 2 N–H and O–H groups in total. The molecule has 6 nitrogen and oxygen atoms in total. The van der Waals surface area contributed by atoms with Crippen LogP contribution in [-0.2, 0) is 4.79 Å². The van der Waals surface area contributed by atoms with Crippen molar-refractivity contribution in [3.05, 3.63) is 47.5 Å². The molecule has 2 aromatic rings. The number of hydrogen-bond donors (Lipinski definition) is 1. The van der Waals surface area contributed by atoms with Gasteiger partial charge in [0.25, 0.3) is 5.91 Å². The van der Waals surface area contributed by atoms with Gasteiger partial charge >= 0.3 is 0 Å². The van der Waals surface area contributed by atoms with Gasteiger partial charge in [-0.3, -0.25) is 14.5 Å². The van der Waals surface area contributed by atoms with E-state index < -0.39 is 0 Å². The number of hydrogen-bond acceptors (Lipinski definition) is 5. The molecule has 1 aliphatic heterocycles. The molecule has 6 heteroatoms. The summed E-state index contributed by atoms with van der Waals surface area (Å²) in [6.45, 7) is 3.98. The number of carbonyl (C=O) groups excluding carboxylic acids is 2. The van der Waals surface area contributed by atoms with Crippen molar-refractivity contribution in [1.82, 2.24) is 4.98 Å². The summed E-state index contributed by atoms with van der Waals surface area (Å²) in [7, 11) is 0. The lowest BCUT2D eigenvalue weighted by Crippen LogP contribution is -2.42. The van der Waals surface area contributed by atoms with Gasteiger partial charge in [-0.15, -0.1) is 0 Å². The average molecular weight is 325 g/mol. The van der Waals surface area contributed by atoms with Gasteiger partial charge in [0.15, 0.2) is 24.0 Å². The van der Waals surface area contributed by atoms with Gasteiger partial charge in [-0.1, -0.05) is 38.1 Å². The highest BCUT2D eigenvalue weighted by molar-refractivity contribution is 6.06. The monoisotopic (exact) mass is 325 g/mol. The minimum atomic E-state index is -0.312. The first-order chi connectivity index (χ1) is 11.5. The Balaban J connectivity index is 1.84. The van der Waals surface area contributed by atoms with E-state index in [0.717, 1.165) is 5.56 Å². The second kappa shape index (κ2) is 6.31. The molecular formula is C18H19N3O3. The molecule has 0 unspecified atom stereocenters. The Kier molecular flexibility index (Phi) is 4.20. The lowest BCUT2D eigenvalue weighted by molar-refractivity contribution is -0.121. The maximum absolute atomic E-state index is 12.5. The van der Waals surface area contributed by atoms with Gasteiger partial charge < -0.3 is 10.5 Å². The van der Waals surface area contributed by atoms with Crippen LogP contribution >= 0.6 is 0 Å². The highest BCUT2D eigenvalue weighted by atomic mass is 16.5. The number of ether oxygens (including phenoxy) is 1. The zero-order chi connectivity index (χ0) is 17.3. The van der Waals surface area contributed by atoms with Crippen molar-refractivity contribution < 1.29 is 14.3 Å². The number of rotatable bonds is 4. The van der Waals surface area contributed by atoms with Gasteiger partial charge in [0.2, 0.25) is 0 Å². The maximum atomic E-state index is 12.5. The number of pyridine rings is 1. The first-order valence-electron chi connectivity index (χ1n) is 7.78. The van der Waals surface area contributed by atoms with Crippen LogP contribution in [0.15, 0.2) is 36.4 Å². The molecular weight excluding hydrogens is 306 g/mol. The first kappa shape index (κ1) is 16.0. The number of carbonyl (C=O) groups is 2. The summed E-state index contributed by atoms with van der Waals surface area (Å²) in [5.74, 6) is 0.938. The molecule has 1 aliphatic rings.